The van der Waals surface area contributed by atoms with E-state index < -0.39 is 11.6 Å². The zero-order valence-electron chi connectivity index (χ0n) is 14.0. The maximum absolute atomic E-state index is 13.8. The smallest absolute Gasteiger partial charge is 0.251 e. The highest BCUT2D eigenvalue weighted by Crippen LogP contribution is 2.24. The van der Waals surface area contributed by atoms with Crippen molar-refractivity contribution in [2.75, 3.05) is 6.61 Å². The molecule has 1 N–H and O–H groups in total. The molecule has 0 aliphatic rings. The first-order chi connectivity index (χ1) is 12.6. The first-order valence-electron chi connectivity index (χ1n) is 7.99. The number of amides is 1. The Morgan fingerprint density at radius 1 is 1.15 bits per heavy atom. The first kappa shape index (κ1) is 17.6. The van der Waals surface area contributed by atoms with Gasteiger partial charge in [-0.3, -0.25) is 4.79 Å². The van der Waals surface area contributed by atoms with Gasteiger partial charge in [-0.15, -0.1) is 0 Å². The van der Waals surface area contributed by atoms with Crippen molar-refractivity contribution in [2.45, 2.75) is 13.5 Å². The van der Waals surface area contributed by atoms with Crippen LogP contribution in [0, 0.1) is 11.6 Å². The second-order valence-electron chi connectivity index (χ2n) is 5.45. The Kier molecular flexibility index (Phi) is 5.26. The van der Waals surface area contributed by atoms with Gasteiger partial charge in [0.1, 0.15) is 23.1 Å². The number of rotatable bonds is 6. The van der Waals surface area contributed by atoms with Crippen molar-refractivity contribution in [3.05, 3.63) is 71.4 Å². The summed E-state index contributed by atoms with van der Waals surface area (Å²) in [6.45, 7) is 2.54. The molecule has 3 aromatic rings. The average Bonchev–Trinajstić information content (AvgIpc) is 3.09. The molecule has 2 aromatic carbocycles. The SMILES string of the molecule is CCOc1ccc(C(=O)NCc2cc(-c3ccc(F)cc3F)on2)cc1. The van der Waals surface area contributed by atoms with Gasteiger partial charge in [0.2, 0.25) is 0 Å². The summed E-state index contributed by atoms with van der Waals surface area (Å²) in [7, 11) is 0. The lowest BCUT2D eigenvalue weighted by molar-refractivity contribution is 0.0950. The van der Waals surface area contributed by atoms with Gasteiger partial charge in [-0.2, -0.15) is 0 Å². The zero-order valence-corrected chi connectivity index (χ0v) is 14.0. The molecular formula is C19H16F2N2O3. The molecule has 1 amide bonds. The van der Waals surface area contributed by atoms with Crippen molar-refractivity contribution in [3.8, 4) is 17.1 Å². The van der Waals surface area contributed by atoms with E-state index in [2.05, 4.69) is 10.5 Å². The van der Waals surface area contributed by atoms with Crippen LogP contribution in [0.2, 0.25) is 0 Å². The van der Waals surface area contributed by atoms with E-state index in [0.717, 1.165) is 12.1 Å². The quantitative estimate of drug-likeness (QED) is 0.725. The van der Waals surface area contributed by atoms with Gasteiger partial charge in [-0.05, 0) is 43.3 Å². The largest absolute Gasteiger partial charge is 0.494 e. The summed E-state index contributed by atoms with van der Waals surface area (Å²) in [6, 6.07) is 11.4. The minimum Gasteiger partial charge on any atom is -0.494 e. The highest BCUT2D eigenvalue weighted by atomic mass is 19.1. The van der Waals surface area contributed by atoms with Crippen LogP contribution in [-0.4, -0.2) is 17.7 Å². The van der Waals surface area contributed by atoms with Gasteiger partial charge in [0.25, 0.3) is 5.91 Å². The lowest BCUT2D eigenvalue weighted by Gasteiger charge is -2.05. The number of nitrogens with one attached hydrogen (secondary N) is 1. The predicted molar refractivity (Wildman–Crippen MR) is 90.6 cm³/mol. The third kappa shape index (κ3) is 4.05. The van der Waals surface area contributed by atoms with Gasteiger partial charge in [0, 0.05) is 17.7 Å². The van der Waals surface area contributed by atoms with E-state index in [1.54, 1.807) is 24.3 Å². The number of benzene rings is 2. The van der Waals surface area contributed by atoms with E-state index in [1.807, 2.05) is 6.92 Å². The molecule has 1 heterocycles. The summed E-state index contributed by atoms with van der Waals surface area (Å²) in [6.07, 6.45) is 0. The lowest BCUT2D eigenvalue weighted by atomic mass is 10.1. The summed E-state index contributed by atoms with van der Waals surface area (Å²) in [5.41, 5.74) is 0.993. The van der Waals surface area contributed by atoms with Crippen LogP contribution < -0.4 is 10.1 Å². The van der Waals surface area contributed by atoms with Crippen molar-refractivity contribution in [2.24, 2.45) is 0 Å². The second kappa shape index (κ2) is 7.77. The summed E-state index contributed by atoms with van der Waals surface area (Å²) in [5, 5.41) is 6.49. The Balaban J connectivity index is 1.63. The molecule has 0 atom stereocenters. The van der Waals surface area contributed by atoms with Crippen LogP contribution in [0.3, 0.4) is 0 Å². The van der Waals surface area contributed by atoms with Crippen molar-refractivity contribution in [1.29, 1.82) is 0 Å². The molecule has 1 aromatic heterocycles. The number of aromatic nitrogens is 1. The molecule has 5 nitrogen and oxygen atoms in total. The number of hydrogen-bond acceptors (Lipinski definition) is 4. The monoisotopic (exact) mass is 358 g/mol. The maximum Gasteiger partial charge on any atom is 0.251 e. The molecule has 0 aliphatic heterocycles. The zero-order chi connectivity index (χ0) is 18.5. The average molecular weight is 358 g/mol. The van der Waals surface area contributed by atoms with E-state index in [9.17, 15) is 13.6 Å². The molecule has 134 valence electrons. The molecule has 0 spiro atoms. The molecular weight excluding hydrogens is 342 g/mol. The molecule has 0 unspecified atom stereocenters. The van der Waals surface area contributed by atoms with E-state index in [-0.39, 0.29) is 23.8 Å². The highest BCUT2D eigenvalue weighted by molar-refractivity contribution is 5.94. The minimum atomic E-state index is -0.744. The second-order valence-corrected chi connectivity index (χ2v) is 5.45. The summed E-state index contributed by atoms with van der Waals surface area (Å²) < 4.78 is 37.1. The molecule has 0 bridgehead atoms. The fourth-order valence-electron chi connectivity index (χ4n) is 2.35. The maximum atomic E-state index is 13.8. The summed E-state index contributed by atoms with van der Waals surface area (Å²) in [5.74, 6) is -0.857. The van der Waals surface area contributed by atoms with E-state index in [4.69, 9.17) is 9.26 Å². The Labute approximate surface area is 148 Å². The third-order valence-corrected chi connectivity index (χ3v) is 3.61. The van der Waals surface area contributed by atoms with Gasteiger partial charge in [0.05, 0.1) is 18.7 Å². The standard InChI is InChI=1S/C19H16F2N2O3/c1-2-25-15-6-3-12(4-7-15)19(24)22-11-14-10-18(26-23-14)16-8-5-13(20)9-17(16)21/h3-10H,2,11H2,1H3,(H,22,24). The van der Waals surface area contributed by atoms with Crippen LogP contribution in [0.5, 0.6) is 5.75 Å². The van der Waals surface area contributed by atoms with E-state index in [0.29, 0.717) is 23.6 Å². The Morgan fingerprint density at radius 2 is 1.92 bits per heavy atom. The van der Waals surface area contributed by atoms with Crippen molar-refractivity contribution in [1.82, 2.24) is 10.5 Å². The van der Waals surface area contributed by atoms with Crippen LogP contribution in [0.1, 0.15) is 23.0 Å². The summed E-state index contributed by atoms with van der Waals surface area (Å²) in [4.78, 5) is 12.1. The van der Waals surface area contributed by atoms with Crippen LogP contribution in [-0.2, 0) is 6.54 Å². The molecule has 0 saturated carbocycles. The molecule has 7 heteroatoms. The van der Waals surface area contributed by atoms with Crippen LogP contribution >= 0.6 is 0 Å². The van der Waals surface area contributed by atoms with Gasteiger partial charge in [-0.1, -0.05) is 5.16 Å². The van der Waals surface area contributed by atoms with Gasteiger partial charge >= 0.3 is 0 Å². The fraction of sp³-hybridized carbons (Fsp3) is 0.158. The van der Waals surface area contributed by atoms with Crippen molar-refractivity contribution < 1.29 is 22.8 Å². The predicted octanol–water partition coefficient (Wildman–Crippen LogP) is 3.95. The van der Waals surface area contributed by atoms with Crippen LogP contribution in [0.25, 0.3) is 11.3 Å². The van der Waals surface area contributed by atoms with E-state index in [1.165, 1.54) is 12.1 Å². The Hall–Kier alpha value is -3.22. The molecule has 0 saturated heterocycles. The molecule has 0 fully saturated rings. The number of carbonyl (C=O) groups is 1. The van der Waals surface area contributed by atoms with Gasteiger partial charge in [-0.25, -0.2) is 8.78 Å². The molecule has 26 heavy (non-hydrogen) atoms. The number of ether oxygens (including phenoxy) is 1. The number of carbonyl (C=O) groups excluding carboxylic acids is 1. The minimum absolute atomic E-state index is 0.1000. The van der Waals surface area contributed by atoms with Crippen LogP contribution in [0.4, 0.5) is 8.78 Å². The fourth-order valence-corrected chi connectivity index (χ4v) is 2.35. The Morgan fingerprint density at radius 3 is 2.62 bits per heavy atom. The topological polar surface area (TPSA) is 64.4 Å². The van der Waals surface area contributed by atoms with Gasteiger partial charge in [0.15, 0.2) is 5.76 Å². The summed E-state index contributed by atoms with van der Waals surface area (Å²) >= 11 is 0. The number of halogens is 2. The van der Waals surface area contributed by atoms with Crippen molar-refractivity contribution in [3.63, 3.8) is 0 Å². The highest BCUT2D eigenvalue weighted by Gasteiger charge is 2.13. The molecule has 0 radical (unpaired) electrons. The normalized spacial score (nSPS) is 10.6. The number of nitrogens with zero attached hydrogens (tertiary/aromatic N) is 1. The first-order valence-corrected chi connectivity index (χ1v) is 7.99. The molecule has 0 aliphatic carbocycles. The lowest BCUT2D eigenvalue weighted by Crippen LogP contribution is -2.22. The van der Waals surface area contributed by atoms with Gasteiger partial charge < -0.3 is 14.6 Å². The van der Waals surface area contributed by atoms with Crippen LogP contribution in [0.15, 0.2) is 53.1 Å². The van der Waals surface area contributed by atoms with Crippen molar-refractivity contribution >= 4 is 5.91 Å². The Bertz CT molecular complexity index is 907. The third-order valence-electron chi connectivity index (χ3n) is 3.61. The number of hydrogen-bond donors (Lipinski definition) is 1. The molecule has 3 rings (SSSR count). The van der Waals surface area contributed by atoms with E-state index >= 15 is 0 Å².